The summed E-state index contributed by atoms with van der Waals surface area (Å²) in [7, 11) is 0. The maximum atomic E-state index is 11.2. The average molecular weight is 428 g/mol. The Hall–Kier alpha value is -4.02. The zero-order chi connectivity index (χ0) is 22.3. The monoisotopic (exact) mass is 427 g/mol. The quantitative estimate of drug-likeness (QED) is 0.529. The summed E-state index contributed by atoms with van der Waals surface area (Å²) in [5, 5.41) is 38.6. The van der Waals surface area contributed by atoms with E-state index in [1.807, 2.05) is 11.0 Å². The van der Waals surface area contributed by atoms with Crippen molar-refractivity contribution in [2.24, 2.45) is 0 Å². The van der Waals surface area contributed by atoms with Gasteiger partial charge in [-0.3, -0.25) is 25.0 Å². The third kappa shape index (κ3) is 5.50. The van der Waals surface area contributed by atoms with E-state index in [1.165, 1.54) is 24.3 Å². The fourth-order valence-corrected chi connectivity index (χ4v) is 2.87. The summed E-state index contributed by atoms with van der Waals surface area (Å²) in [6, 6.07) is 11.7. The summed E-state index contributed by atoms with van der Waals surface area (Å²) in [4.78, 5) is 32.9. The van der Waals surface area contributed by atoms with Gasteiger partial charge in [-0.05, 0) is 12.1 Å². The normalized spacial score (nSPS) is 12.8. The molecule has 0 radical (unpaired) electrons. The van der Waals surface area contributed by atoms with Crippen molar-refractivity contribution in [2.75, 3.05) is 18.0 Å². The summed E-state index contributed by atoms with van der Waals surface area (Å²) < 4.78 is 0. The smallest absolute Gasteiger partial charge is 0.270 e. The molecule has 0 aliphatic carbocycles. The van der Waals surface area contributed by atoms with Gasteiger partial charge in [0.05, 0.1) is 31.7 Å². The molecule has 0 spiro atoms. The Labute approximate surface area is 175 Å². The molecule has 3 rings (SSSR count). The van der Waals surface area contributed by atoms with Crippen molar-refractivity contribution in [3.63, 3.8) is 0 Å². The van der Waals surface area contributed by atoms with Gasteiger partial charge in [0, 0.05) is 50.2 Å². The fourth-order valence-electron chi connectivity index (χ4n) is 2.71. The van der Waals surface area contributed by atoms with Gasteiger partial charge in [0.1, 0.15) is 17.9 Å². The van der Waals surface area contributed by atoms with Crippen LogP contribution in [0.1, 0.15) is 24.0 Å². The van der Waals surface area contributed by atoms with Crippen molar-refractivity contribution in [1.82, 2.24) is 0 Å². The van der Waals surface area contributed by atoms with E-state index in [-0.39, 0.29) is 33.3 Å². The maximum Gasteiger partial charge on any atom is 0.270 e. The highest BCUT2D eigenvalue weighted by Crippen LogP contribution is 2.26. The number of rotatable bonds is 3. The predicted molar refractivity (Wildman–Crippen MR) is 107 cm³/mol. The number of carbonyl (C=O) groups is 1. The number of anilines is 1. The van der Waals surface area contributed by atoms with Crippen LogP contribution < -0.4 is 4.90 Å². The molecule has 2 aromatic rings. The van der Waals surface area contributed by atoms with Crippen LogP contribution in [0.3, 0.4) is 0 Å². The second-order valence-electron chi connectivity index (χ2n) is 6.13. The van der Waals surface area contributed by atoms with Gasteiger partial charge >= 0.3 is 0 Å². The number of non-ortho nitro benzene ring substituents is 2. The first kappa shape index (κ1) is 22.3. The van der Waals surface area contributed by atoms with Crippen LogP contribution in [0.2, 0.25) is 5.02 Å². The van der Waals surface area contributed by atoms with Crippen molar-refractivity contribution >= 4 is 34.4 Å². The lowest BCUT2D eigenvalue weighted by Gasteiger charge is -2.28. The Morgan fingerprint density at radius 2 is 1.40 bits per heavy atom. The van der Waals surface area contributed by atoms with Crippen LogP contribution in [-0.4, -0.2) is 28.7 Å². The lowest BCUT2D eigenvalue weighted by Crippen LogP contribution is -2.34. The molecule has 0 atom stereocenters. The van der Waals surface area contributed by atoms with Gasteiger partial charge in [0.25, 0.3) is 11.4 Å². The molecule has 1 aliphatic heterocycles. The molecule has 0 saturated carbocycles. The number of ketones is 1. The summed E-state index contributed by atoms with van der Waals surface area (Å²) in [5.41, 5.74) is 0.833. The second kappa shape index (κ2) is 9.96. The third-order valence-electron chi connectivity index (χ3n) is 4.25. The van der Waals surface area contributed by atoms with Crippen molar-refractivity contribution in [2.45, 2.75) is 12.8 Å². The van der Waals surface area contributed by atoms with Gasteiger partial charge in [-0.1, -0.05) is 11.6 Å². The highest BCUT2D eigenvalue weighted by molar-refractivity contribution is 6.31. The highest BCUT2D eigenvalue weighted by Gasteiger charge is 2.20. The number of nitrogens with zero attached hydrogens (tertiary/aromatic N) is 5. The fraction of sp³-hybridized carbons (Fsp3) is 0.211. The standard InChI is InChI=1S/C12H11N3O3.C7H3ClN2O2/c13-8-9-7-10(15(17)18)1-2-12(9)14-5-3-11(16)4-6-14;8-7-2-1-6(10(11)12)3-5(7)4-9/h1-2,7H,3-6H2;1-3H. The van der Waals surface area contributed by atoms with Crippen molar-refractivity contribution in [3.8, 4) is 12.1 Å². The van der Waals surface area contributed by atoms with Gasteiger partial charge in [0.15, 0.2) is 0 Å². The van der Waals surface area contributed by atoms with E-state index in [9.17, 15) is 25.0 Å². The average Bonchev–Trinajstić information content (AvgIpc) is 2.74. The van der Waals surface area contributed by atoms with Gasteiger partial charge < -0.3 is 4.90 Å². The highest BCUT2D eigenvalue weighted by atomic mass is 35.5. The lowest BCUT2D eigenvalue weighted by atomic mass is 10.1. The Balaban J connectivity index is 0.000000232. The van der Waals surface area contributed by atoms with E-state index >= 15 is 0 Å². The van der Waals surface area contributed by atoms with Crippen molar-refractivity contribution in [3.05, 3.63) is 72.8 Å². The number of nitro benzene ring substituents is 2. The molecule has 1 heterocycles. The minimum atomic E-state index is -0.572. The molecule has 0 unspecified atom stereocenters. The second-order valence-corrected chi connectivity index (χ2v) is 6.54. The molecule has 30 heavy (non-hydrogen) atoms. The zero-order valence-electron chi connectivity index (χ0n) is 15.4. The molecule has 0 amide bonds. The Morgan fingerprint density at radius 3 is 1.90 bits per heavy atom. The number of nitro groups is 2. The number of benzene rings is 2. The van der Waals surface area contributed by atoms with E-state index in [0.717, 1.165) is 6.07 Å². The molecule has 1 fully saturated rings. The predicted octanol–water partition coefficient (Wildman–Crippen LogP) is 3.76. The summed E-state index contributed by atoms with van der Waals surface area (Å²) in [6.45, 7) is 1.12. The molecule has 0 aromatic heterocycles. The summed E-state index contributed by atoms with van der Waals surface area (Å²) in [5.74, 6) is 0.215. The van der Waals surface area contributed by atoms with Gasteiger partial charge in [-0.25, -0.2) is 0 Å². The van der Waals surface area contributed by atoms with Crippen molar-refractivity contribution < 1.29 is 14.6 Å². The summed E-state index contributed by atoms with van der Waals surface area (Å²) in [6.07, 6.45) is 0.920. The first-order chi connectivity index (χ1) is 14.3. The Kier molecular flexibility index (Phi) is 7.39. The largest absolute Gasteiger partial charge is 0.370 e. The van der Waals surface area contributed by atoms with Crippen LogP contribution in [0.15, 0.2) is 36.4 Å². The van der Waals surface area contributed by atoms with E-state index in [0.29, 0.717) is 31.6 Å². The first-order valence-electron chi connectivity index (χ1n) is 8.56. The van der Waals surface area contributed by atoms with E-state index in [4.69, 9.17) is 22.1 Å². The number of hydrogen-bond donors (Lipinski definition) is 0. The summed E-state index contributed by atoms with van der Waals surface area (Å²) >= 11 is 5.56. The van der Waals surface area contributed by atoms with Crippen LogP contribution in [-0.2, 0) is 4.79 Å². The third-order valence-corrected chi connectivity index (χ3v) is 4.58. The number of nitriles is 2. The SMILES string of the molecule is N#Cc1cc([N+](=O)[O-])ccc1Cl.N#Cc1cc([N+](=O)[O-])ccc1N1CCC(=O)CC1. The molecule has 1 saturated heterocycles. The van der Waals surface area contributed by atoms with Crippen LogP contribution in [0.5, 0.6) is 0 Å². The van der Waals surface area contributed by atoms with Gasteiger partial charge in [-0.2, -0.15) is 10.5 Å². The Morgan fingerprint density at radius 1 is 0.900 bits per heavy atom. The first-order valence-corrected chi connectivity index (χ1v) is 8.94. The molecule has 0 bridgehead atoms. The van der Waals surface area contributed by atoms with Gasteiger partial charge in [-0.15, -0.1) is 0 Å². The van der Waals surface area contributed by atoms with Crippen LogP contribution in [0.4, 0.5) is 17.1 Å². The Bertz CT molecular complexity index is 1080. The van der Waals surface area contributed by atoms with Crippen LogP contribution in [0, 0.1) is 42.9 Å². The molecular weight excluding hydrogens is 414 g/mol. The number of carbonyl (C=O) groups excluding carboxylic acids is 1. The molecule has 2 aromatic carbocycles. The van der Waals surface area contributed by atoms with Crippen molar-refractivity contribution in [1.29, 1.82) is 10.5 Å². The van der Waals surface area contributed by atoms with E-state index < -0.39 is 9.85 Å². The van der Waals surface area contributed by atoms with Crippen LogP contribution in [0.25, 0.3) is 0 Å². The molecular formula is C19H14ClN5O5. The topological polar surface area (TPSA) is 154 Å². The number of Topliss-reactive ketones (excluding diaryl/α,β-unsaturated/α-hetero) is 1. The van der Waals surface area contributed by atoms with Crippen LogP contribution >= 0.6 is 11.6 Å². The molecule has 0 N–H and O–H groups in total. The van der Waals surface area contributed by atoms with E-state index in [2.05, 4.69) is 0 Å². The number of halogens is 1. The maximum absolute atomic E-state index is 11.2. The molecule has 11 heteroatoms. The molecule has 10 nitrogen and oxygen atoms in total. The zero-order valence-corrected chi connectivity index (χ0v) is 16.2. The number of hydrogen-bond acceptors (Lipinski definition) is 8. The minimum Gasteiger partial charge on any atom is -0.370 e. The molecule has 152 valence electrons. The number of piperidine rings is 1. The van der Waals surface area contributed by atoms with Gasteiger partial charge in [0.2, 0.25) is 0 Å². The molecule has 1 aliphatic rings. The lowest BCUT2D eigenvalue weighted by molar-refractivity contribution is -0.385. The minimum absolute atomic E-state index is 0.0941. The van der Waals surface area contributed by atoms with E-state index in [1.54, 1.807) is 12.1 Å².